The Labute approximate surface area is 236 Å². The van der Waals surface area contributed by atoms with E-state index in [2.05, 4.69) is 30.5 Å². The number of nitrogens with one attached hydrogen (secondary N) is 1. The number of halogens is 3. The van der Waals surface area contributed by atoms with Crippen molar-refractivity contribution in [2.24, 2.45) is 5.41 Å². The van der Waals surface area contributed by atoms with Gasteiger partial charge in [0.25, 0.3) is 10.0 Å². The third-order valence-corrected chi connectivity index (χ3v) is 8.53. The molecule has 40 heavy (non-hydrogen) atoms. The Morgan fingerprint density at radius 1 is 1.00 bits per heavy atom. The van der Waals surface area contributed by atoms with E-state index in [-0.39, 0.29) is 32.4 Å². The van der Waals surface area contributed by atoms with E-state index in [0.717, 1.165) is 23.8 Å². The molecular formula is C29H30F3N3O3S2. The Morgan fingerprint density at radius 3 is 2.38 bits per heavy atom. The Balaban J connectivity index is 1.83. The van der Waals surface area contributed by atoms with Gasteiger partial charge in [-0.25, -0.2) is 13.4 Å². The second-order valence-corrected chi connectivity index (χ2v) is 13.2. The van der Waals surface area contributed by atoms with Gasteiger partial charge in [-0.05, 0) is 66.3 Å². The number of anilines is 2. The average Bonchev–Trinajstić information content (AvgIpc) is 3.25. The molecule has 6 nitrogen and oxygen atoms in total. The molecule has 0 saturated carbocycles. The van der Waals surface area contributed by atoms with Crippen LogP contribution in [0.25, 0.3) is 21.7 Å². The molecule has 0 aliphatic heterocycles. The predicted octanol–water partition coefficient (Wildman–Crippen LogP) is 8.00. The van der Waals surface area contributed by atoms with E-state index in [1.54, 1.807) is 43.3 Å². The van der Waals surface area contributed by atoms with E-state index in [1.807, 2.05) is 0 Å². The minimum absolute atomic E-state index is 0.0209. The third-order valence-electron chi connectivity index (χ3n) is 6.05. The van der Waals surface area contributed by atoms with Gasteiger partial charge < -0.3 is 10.5 Å². The van der Waals surface area contributed by atoms with Gasteiger partial charge in [0.15, 0.2) is 5.13 Å². The van der Waals surface area contributed by atoms with Crippen molar-refractivity contribution in [3.63, 3.8) is 0 Å². The molecule has 1 heterocycles. The van der Waals surface area contributed by atoms with Crippen LogP contribution in [0.4, 0.5) is 24.0 Å². The van der Waals surface area contributed by atoms with Gasteiger partial charge in [-0.15, -0.1) is 0 Å². The molecule has 4 rings (SSSR count). The number of nitrogens with two attached hydrogens (primary N) is 1. The van der Waals surface area contributed by atoms with Crippen LogP contribution in [0.3, 0.4) is 0 Å². The Bertz CT molecular complexity index is 1630. The average molecular weight is 590 g/mol. The van der Waals surface area contributed by atoms with Gasteiger partial charge in [0.2, 0.25) is 0 Å². The summed E-state index contributed by atoms with van der Waals surface area (Å²) in [6.07, 6.45) is -3.85. The maximum atomic E-state index is 14.1. The van der Waals surface area contributed by atoms with Gasteiger partial charge in [-0.1, -0.05) is 62.4 Å². The van der Waals surface area contributed by atoms with Crippen molar-refractivity contribution in [2.75, 3.05) is 17.1 Å². The molecule has 3 N–H and O–H groups in total. The van der Waals surface area contributed by atoms with Crippen LogP contribution in [0.15, 0.2) is 71.6 Å². The minimum Gasteiger partial charge on any atom is -0.494 e. The van der Waals surface area contributed by atoms with Crippen molar-refractivity contribution in [3.05, 3.63) is 77.9 Å². The van der Waals surface area contributed by atoms with Crippen molar-refractivity contribution >= 4 is 32.2 Å². The minimum atomic E-state index is -4.65. The molecule has 0 bridgehead atoms. The van der Waals surface area contributed by atoms with Crippen LogP contribution in [-0.2, 0) is 16.2 Å². The van der Waals surface area contributed by atoms with Gasteiger partial charge in [-0.2, -0.15) is 13.2 Å². The fourth-order valence-corrected chi connectivity index (χ4v) is 6.26. The van der Waals surface area contributed by atoms with Crippen molar-refractivity contribution in [2.45, 2.75) is 45.2 Å². The molecule has 0 radical (unpaired) electrons. The summed E-state index contributed by atoms with van der Waals surface area (Å²) >= 11 is 0.942. The lowest BCUT2D eigenvalue weighted by Crippen LogP contribution is -2.13. The molecule has 1 aromatic heterocycles. The molecule has 0 unspecified atom stereocenters. The van der Waals surface area contributed by atoms with Crippen LogP contribution >= 0.6 is 11.3 Å². The molecule has 0 fully saturated rings. The summed E-state index contributed by atoms with van der Waals surface area (Å²) in [5.41, 5.74) is 6.01. The van der Waals surface area contributed by atoms with Crippen LogP contribution in [0.2, 0.25) is 0 Å². The van der Waals surface area contributed by atoms with E-state index in [1.165, 1.54) is 24.3 Å². The van der Waals surface area contributed by atoms with Crippen LogP contribution in [0, 0.1) is 12.3 Å². The number of nitrogens with zero attached hydrogens (tertiary/aromatic N) is 1. The van der Waals surface area contributed by atoms with Gasteiger partial charge in [0.05, 0.1) is 27.6 Å². The summed E-state index contributed by atoms with van der Waals surface area (Å²) < 4.78 is 76.9. The van der Waals surface area contributed by atoms with Crippen molar-refractivity contribution in [3.8, 4) is 27.4 Å². The molecule has 4 aromatic rings. The van der Waals surface area contributed by atoms with Crippen LogP contribution in [0.5, 0.6) is 5.75 Å². The SMILES string of the molecule is Cc1cccc(C(F)(F)F)c1-c1nc(NS(=O)(=O)c2cccc(N)c2)sc1-c1cccc(OCCC(C)(C)C)c1. The van der Waals surface area contributed by atoms with E-state index in [9.17, 15) is 21.6 Å². The monoisotopic (exact) mass is 589 g/mol. The number of hydrogen-bond donors (Lipinski definition) is 2. The molecule has 11 heteroatoms. The smallest absolute Gasteiger partial charge is 0.417 e. The number of ether oxygens (including phenoxy) is 1. The standard InChI is InChI=1S/C29H30F3N3O3S2/c1-18-8-5-13-23(29(30,31)32)24(18)25-26(19-9-6-11-21(16-19)38-15-14-28(2,3)4)39-27(34-25)35-40(36,37)22-12-7-10-20(33)17-22/h5-13,16-17H,14-15,33H2,1-4H3,(H,34,35). The zero-order chi connectivity index (χ0) is 29.3. The number of alkyl halides is 3. The zero-order valence-corrected chi connectivity index (χ0v) is 24.1. The van der Waals surface area contributed by atoms with E-state index >= 15 is 0 Å². The first-order valence-electron chi connectivity index (χ1n) is 12.4. The molecule has 0 aliphatic rings. The predicted molar refractivity (Wildman–Crippen MR) is 154 cm³/mol. The number of sulfonamides is 1. The first kappa shape index (κ1) is 29.4. The topological polar surface area (TPSA) is 94.3 Å². The molecule has 0 atom stereocenters. The summed E-state index contributed by atoms with van der Waals surface area (Å²) in [6, 6.07) is 16.6. The van der Waals surface area contributed by atoms with Crippen LogP contribution < -0.4 is 15.2 Å². The van der Waals surface area contributed by atoms with Gasteiger partial charge in [0, 0.05) is 11.3 Å². The number of aromatic nitrogens is 1. The molecule has 212 valence electrons. The van der Waals surface area contributed by atoms with Crippen molar-refractivity contribution in [1.29, 1.82) is 0 Å². The number of benzene rings is 3. The maximum Gasteiger partial charge on any atom is 0.417 e. The fourth-order valence-electron chi connectivity index (χ4n) is 4.00. The molecule has 0 spiro atoms. The number of aryl methyl sites for hydroxylation is 1. The van der Waals surface area contributed by atoms with Crippen molar-refractivity contribution < 1.29 is 26.3 Å². The van der Waals surface area contributed by atoms with Crippen LogP contribution in [-0.4, -0.2) is 20.0 Å². The summed E-state index contributed by atoms with van der Waals surface area (Å²) in [5.74, 6) is 0.545. The van der Waals surface area contributed by atoms with Crippen molar-refractivity contribution in [1.82, 2.24) is 4.98 Å². The Morgan fingerprint density at radius 2 is 1.70 bits per heavy atom. The first-order chi connectivity index (χ1) is 18.6. The molecule has 0 saturated heterocycles. The highest BCUT2D eigenvalue weighted by Gasteiger charge is 2.36. The van der Waals surface area contributed by atoms with E-state index < -0.39 is 21.8 Å². The summed E-state index contributed by atoms with van der Waals surface area (Å²) in [7, 11) is -4.12. The lowest BCUT2D eigenvalue weighted by atomic mass is 9.93. The molecule has 3 aromatic carbocycles. The highest BCUT2D eigenvalue weighted by Crippen LogP contribution is 2.46. The third kappa shape index (κ3) is 6.95. The molecule has 0 aliphatic carbocycles. The van der Waals surface area contributed by atoms with E-state index in [0.29, 0.717) is 28.4 Å². The summed E-state index contributed by atoms with van der Waals surface area (Å²) in [6.45, 7) is 8.33. The van der Waals surface area contributed by atoms with E-state index in [4.69, 9.17) is 10.5 Å². The largest absolute Gasteiger partial charge is 0.494 e. The first-order valence-corrected chi connectivity index (χ1v) is 14.7. The second kappa shape index (κ2) is 11.1. The number of nitrogen functional groups attached to an aromatic ring is 1. The number of hydrogen-bond acceptors (Lipinski definition) is 6. The summed E-state index contributed by atoms with van der Waals surface area (Å²) in [5, 5.41) is -0.0807. The molecular weight excluding hydrogens is 559 g/mol. The molecule has 0 amide bonds. The lowest BCUT2D eigenvalue weighted by Gasteiger charge is -2.18. The lowest BCUT2D eigenvalue weighted by molar-refractivity contribution is -0.137. The fraction of sp³-hybridized carbons (Fsp3) is 0.276. The van der Waals surface area contributed by atoms with Gasteiger partial charge >= 0.3 is 6.18 Å². The van der Waals surface area contributed by atoms with Gasteiger partial charge in [0.1, 0.15) is 5.75 Å². The Hall–Kier alpha value is -3.57. The van der Waals surface area contributed by atoms with Gasteiger partial charge in [-0.3, -0.25) is 4.72 Å². The normalized spacial score (nSPS) is 12.4. The highest BCUT2D eigenvalue weighted by molar-refractivity contribution is 7.93. The second-order valence-electron chi connectivity index (χ2n) is 10.6. The maximum absolute atomic E-state index is 14.1. The number of rotatable bonds is 8. The zero-order valence-electron chi connectivity index (χ0n) is 22.5. The number of thiazole rings is 1. The Kier molecular flexibility index (Phi) is 8.18. The quantitative estimate of drug-likeness (QED) is 0.203. The summed E-state index contributed by atoms with van der Waals surface area (Å²) in [4.78, 5) is 4.68. The highest BCUT2D eigenvalue weighted by atomic mass is 32.2. The van der Waals surface area contributed by atoms with Crippen LogP contribution in [0.1, 0.15) is 38.3 Å².